The van der Waals surface area contributed by atoms with Crippen molar-refractivity contribution in [1.82, 2.24) is 10.1 Å². The van der Waals surface area contributed by atoms with Crippen LogP contribution in [0.1, 0.15) is 18.2 Å². The van der Waals surface area contributed by atoms with Crippen molar-refractivity contribution in [2.75, 3.05) is 11.4 Å². The number of ether oxygens (including phenoxy) is 1. The molecule has 5 rings (SSSR count). The van der Waals surface area contributed by atoms with Gasteiger partial charge in [-0.25, -0.2) is 0 Å². The maximum Gasteiger partial charge on any atom is 0.232 e. The third-order valence-corrected chi connectivity index (χ3v) is 5.40. The summed E-state index contributed by atoms with van der Waals surface area (Å²) in [6.07, 6.45) is 0.352. The molecule has 1 atom stereocenters. The second-order valence-electron chi connectivity index (χ2n) is 7.28. The number of anilines is 1. The van der Waals surface area contributed by atoms with E-state index in [1.807, 2.05) is 66.7 Å². The number of carbonyl (C=O) groups is 1. The van der Waals surface area contributed by atoms with E-state index in [9.17, 15) is 4.79 Å². The zero-order valence-corrected chi connectivity index (χ0v) is 17.2. The number of hydrogen-bond acceptors (Lipinski definition) is 5. The van der Waals surface area contributed by atoms with E-state index < -0.39 is 0 Å². The van der Waals surface area contributed by atoms with Crippen LogP contribution in [0.4, 0.5) is 5.69 Å². The molecule has 1 aliphatic heterocycles. The monoisotopic (exact) mass is 431 g/mol. The van der Waals surface area contributed by atoms with Crippen molar-refractivity contribution < 1.29 is 14.1 Å². The molecule has 154 valence electrons. The van der Waals surface area contributed by atoms with Gasteiger partial charge in [-0.1, -0.05) is 35.0 Å². The minimum absolute atomic E-state index is 0.0552. The summed E-state index contributed by atoms with van der Waals surface area (Å²) in [5.74, 6) is 2.28. The standard InChI is InChI=1S/C24H18ClN3O3/c25-18-8-12-21(13-9-18)30-20-10-6-16(7-11-20)23-26-24(31-27-23)17-14-22(29)28(15-17)19-4-2-1-3-5-19/h1-13,17H,14-15H2/t17-/m0/s1. The van der Waals surface area contributed by atoms with Crippen molar-refractivity contribution in [2.45, 2.75) is 12.3 Å². The third-order valence-electron chi connectivity index (χ3n) is 5.15. The molecule has 4 aromatic rings. The Labute approximate surface area is 184 Å². The fraction of sp³-hybridized carbons (Fsp3) is 0.125. The number of benzene rings is 3. The predicted octanol–water partition coefficient (Wildman–Crippen LogP) is 5.70. The van der Waals surface area contributed by atoms with Gasteiger partial charge >= 0.3 is 0 Å². The van der Waals surface area contributed by atoms with Gasteiger partial charge in [0.15, 0.2) is 0 Å². The van der Waals surface area contributed by atoms with E-state index in [0.29, 0.717) is 41.2 Å². The number of para-hydroxylation sites is 1. The van der Waals surface area contributed by atoms with E-state index in [2.05, 4.69) is 10.1 Å². The highest BCUT2D eigenvalue weighted by Gasteiger charge is 2.35. The van der Waals surface area contributed by atoms with E-state index >= 15 is 0 Å². The van der Waals surface area contributed by atoms with Crippen LogP contribution in [0, 0.1) is 0 Å². The van der Waals surface area contributed by atoms with E-state index in [1.54, 1.807) is 17.0 Å². The molecule has 0 spiro atoms. The summed E-state index contributed by atoms with van der Waals surface area (Å²) in [5, 5.41) is 4.76. The Hall–Kier alpha value is -3.64. The number of amides is 1. The SMILES string of the molecule is O=C1C[C@H](c2nc(-c3ccc(Oc4ccc(Cl)cc4)cc3)no2)CN1c1ccccc1. The molecule has 1 aromatic heterocycles. The average molecular weight is 432 g/mol. The Morgan fingerprint density at radius 3 is 2.32 bits per heavy atom. The highest BCUT2D eigenvalue weighted by Crippen LogP contribution is 2.32. The number of aromatic nitrogens is 2. The molecule has 2 heterocycles. The van der Waals surface area contributed by atoms with Gasteiger partial charge in [0.1, 0.15) is 11.5 Å². The second kappa shape index (κ2) is 8.24. The van der Waals surface area contributed by atoms with Crippen molar-refractivity contribution in [3.8, 4) is 22.9 Å². The Morgan fingerprint density at radius 2 is 1.61 bits per heavy atom. The zero-order valence-electron chi connectivity index (χ0n) is 16.4. The summed E-state index contributed by atoms with van der Waals surface area (Å²) in [6.45, 7) is 0.526. The van der Waals surface area contributed by atoms with Crippen LogP contribution in [0.25, 0.3) is 11.4 Å². The molecule has 3 aromatic carbocycles. The molecule has 0 radical (unpaired) electrons. The normalized spacial score (nSPS) is 16.0. The van der Waals surface area contributed by atoms with Gasteiger partial charge in [0.25, 0.3) is 0 Å². The van der Waals surface area contributed by atoms with E-state index in [4.69, 9.17) is 20.9 Å². The fourth-order valence-electron chi connectivity index (χ4n) is 3.56. The van der Waals surface area contributed by atoms with Crippen molar-refractivity contribution >= 4 is 23.2 Å². The summed E-state index contributed by atoms with van der Waals surface area (Å²) in [5.41, 5.74) is 1.69. The van der Waals surface area contributed by atoms with Crippen LogP contribution in [0.3, 0.4) is 0 Å². The number of rotatable bonds is 5. The molecule has 1 aliphatic rings. The Balaban J connectivity index is 1.28. The summed E-state index contributed by atoms with van der Waals surface area (Å²) in [4.78, 5) is 18.8. The predicted molar refractivity (Wildman–Crippen MR) is 117 cm³/mol. The van der Waals surface area contributed by atoms with E-state index in [0.717, 1.165) is 11.3 Å². The highest BCUT2D eigenvalue weighted by molar-refractivity contribution is 6.30. The van der Waals surface area contributed by atoms with Crippen LogP contribution < -0.4 is 9.64 Å². The van der Waals surface area contributed by atoms with Crippen molar-refractivity contribution in [3.05, 3.63) is 89.8 Å². The molecule has 0 N–H and O–H groups in total. The van der Waals surface area contributed by atoms with Crippen LogP contribution in [0.15, 0.2) is 83.4 Å². The van der Waals surface area contributed by atoms with Crippen LogP contribution in [0.2, 0.25) is 5.02 Å². The van der Waals surface area contributed by atoms with Gasteiger partial charge in [0.2, 0.25) is 17.6 Å². The molecular weight excluding hydrogens is 414 g/mol. The Bertz CT molecular complexity index is 1190. The quantitative estimate of drug-likeness (QED) is 0.405. The lowest BCUT2D eigenvalue weighted by Crippen LogP contribution is -2.24. The molecule has 31 heavy (non-hydrogen) atoms. The first-order valence-corrected chi connectivity index (χ1v) is 10.3. The molecule has 7 heteroatoms. The Morgan fingerprint density at radius 1 is 0.935 bits per heavy atom. The number of hydrogen-bond donors (Lipinski definition) is 0. The van der Waals surface area contributed by atoms with Gasteiger partial charge in [0.05, 0.1) is 5.92 Å². The Kier molecular flexibility index (Phi) is 5.14. The van der Waals surface area contributed by atoms with Gasteiger partial charge in [-0.05, 0) is 60.7 Å². The second-order valence-corrected chi connectivity index (χ2v) is 7.71. The molecular formula is C24H18ClN3O3. The maximum atomic E-state index is 12.5. The zero-order chi connectivity index (χ0) is 21.2. The number of halogens is 1. The molecule has 1 saturated heterocycles. The van der Waals surface area contributed by atoms with Gasteiger partial charge < -0.3 is 14.2 Å². The van der Waals surface area contributed by atoms with Crippen LogP contribution in [-0.4, -0.2) is 22.6 Å². The van der Waals surface area contributed by atoms with Gasteiger partial charge in [-0.2, -0.15) is 4.98 Å². The third kappa shape index (κ3) is 4.15. The first kappa shape index (κ1) is 19.3. The van der Waals surface area contributed by atoms with Gasteiger partial charge in [0, 0.05) is 29.2 Å². The summed E-state index contributed by atoms with van der Waals surface area (Å²) < 4.78 is 11.3. The largest absolute Gasteiger partial charge is 0.457 e. The van der Waals surface area contributed by atoms with Crippen LogP contribution in [0.5, 0.6) is 11.5 Å². The van der Waals surface area contributed by atoms with Gasteiger partial charge in [-0.3, -0.25) is 4.79 Å². The molecule has 0 saturated carbocycles. The van der Waals surface area contributed by atoms with Crippen molar-refractivity contribution in [2.24, 2.45) is 0 Å². The van der Waals surface area contributed by atoms with E-state index in [-0.39, 0.29) is 11.8 Å². The molecule has 0 unspecified atom stereocenters. The van der Waals surface area contributed by atoms with Crippen molar-refractivity contribution in [1.29, 1.82) is 0 Å². The fourth-order valence-corrected chi connectivity index (χ4v) is 3.69. The number of carbonyl (C=O) groups excluding carboxylic acids is 1. The first-order valence-electron chi connectivity index (χ1n) is 9.88. The lowest BCUT2D eigenvalue weighted by molar-refractivity contribution is -0.117. The van der Waals surface area contributed by atoms with Crippen LogP contribution >= 0.6 is 11.6 Å². The smallest absolute Gasteiger partial charge is 0.232 e. The molecule has 0 aliphatic carbocycles. The lowest BCUT2D eigenvalue weighted by Gasteiger charge is -2.15. The van der Waals surface area contributed by atoms with Gasteiger partial charge in [-0.15, -0.1) is 0 Å². The maximum absolute atomic E-state index is 12.5. The number of nitrogens with zero attached hydrogens (tertiary/aromatic N) is 3. The van der Waals surface area contributed by atoms with Crippen LogP contribution in [-0.2, 0) is 4.79 Å². The molecule has 1 amide bonds. The lowest BCUT2D eigenvalue weighted by atomic mass is 10.1. The van der Waals surface area contributed by atoms with Crippen molar-refractivity contribution in [3.63, 3.8) is 0 Å². The summed E-state index contributed by atoms with van der Waals surface area (Å²) >= 11 is 5.90. The molecule has 6 nitrogen and oxygen atoms in total. The average Bonchev–Trinajstić information content (AvgIpc) is 3.44. The first-order chi connectivity index (χ1) is 15.2. The molecule has 0 bridgehead atoms. The topological polar surface area (TPSA) is 68.5 Å². The molecule has 1 fully saturated rings. The minimum Gasteiger partial charge on any atom is -0.457 e. The summed E-state index contributed by atoms with van der Waals surface area (Å²) in [6, 6.07) is 24.2. The minimum atomic E-state index is -0.124. The summed E-state index contributed by atoms with van der Waals surface area (Å²) in [7, 11) is 0. The highest BCUT2D eigenvalue weighted by atomic mass is 35.5. The van der Waals surface area contributed by atoms with E-state index in [1.165, 1.54) is 0 Å².